The van der Waals surface area contributed by atoms with Gasteiger partial charge in [-0.2, -0.15) is 0 Å². The Morgan fingerprint density at radius 2 is 1.53 bits per heavy atom. The SMILES string of the molecule is CCCc1ccc(-c2ccc(-c3ccc(C4CCC(CCC)OC4)cc3)c(F)c2F)cn1. The van der Waals surface area contributed by atoms with E-state index in [9.17, 15) is 8.78 Å². The molecule has 1 aromatic heterocycles. The summed E-state index contributed by atoms with van der Waals surface area (Å²) in [7, 11) is 0. The van der Waals surface area contributed by atoms with Gasteiger partial charge in [0.2, 0.25) is 0 Å². The Morgan fingerprint density at radius 3 is 2.09 bits per heavy atom. The summed E-state index contributed by atoms with van der Waals surface area (Å²) in [6.45, 7) is 5.00. The van der Waals surface area contributed by atoms with Gasteiger partial charge in [-0.3, -0.25) is 4.98 Å². The largest absolute Gasteiger partial charge is 0.378 e. The summed E-state index contributed by atoms with van der Waals surface area (Å²) >= 11 is 0. The minimum Gasteiger partial charge on any atom is -0.378 e. The highest BCUT2D eigenvalue weighted by atomic mass is 19.2. The van der Waals surface area contributed by atoms with Crippen molar-refractivity contribution in [1.29, 1.82) is 0 Å². The van der Waals surface area contributed by atoms with Crippen LogP contribution in [0.5, 0.6) is 0 Å². The van der Waals surface area contributed by atoms with Crippen LogP contribution in [0.1, 0.15) is 63.1 Å². The molecule has 0 saturated carbocycles. The maximum atomic E-state index is 15.0. The predicted octanol–water partition coefficient (Wildman–Crippen LogP) is 7.71. The fourth-order valence-corrected chi connectivity index (χ4v) is 4.54. The zero-order chi connectivity index (χ0) is 22.5. The van der Waals surface area contributed by atoms with Gasteiger partial charge in [0.1, 0.15) is 0 Å². The number of aromatic nitrogens is 1. The van der Waals surface area contributed by atoms with Crippen LogP contribution in [0.15, 0.2) is 54.7 Å². The Kier molecular flexibility index (Phi) is 7.31. The second-order valence-electron chi connectivity index (χ2n) is 8.72. The number of ether oxygens (including phenoxy) is 1. The Hall–Kier alpha value is -2.59. The van der Waals surface area contributed by atoms with E-state index in [2.05, 4.69) is 18.8 Å². The molecule has 2 aromatic carbocycles. The minimum absolute atomic E-state index is 0.236. The minimum atomic E-state index is -0.834. The van der Waals surface area contributed by atoms with Gasteiger partial charge >= 0.3 is 0 Å². The molecule has 32 heavy (non-hydrogen) atoms. The van der Waals surface area contributed by atoms with E-state index in [4.69, 9.17) is 4.74 Å². The van der Waals surface area contributed by atoms with Crippen molar-refractivity contribution in [2.24, 2.45) is 0 Å². The molecule has 3 aromatic rings. The van der Waals surface area contributed by atoms with Crippen LogP contribution in [0.25, 0.3) is 22.3 Å². The molecule has 4 heteroatoms. The first-order valence-electron chi connectivity index (χ1n) is 11.8. The molecule has 2 heterocycles. The Balaban J connectivity index is 1.51. The molecular weight excluding hydrogens is 404 g/mol. The highest BCUT2D eigenvalue weighted by molar-refractivity contribution is 5.71. The van der Waals surface area contributed by atoms with Gasteiger partial charge in [0.05, 0.1) is 12.7 Å². The van der Waals surface area contributed by atoms with Crippen molar-refractivity contribution in [2.75, 3.05) is 6.61 Å². The summed E-state index contributed by atoms with van der Waals surface area (Å²) in [5.74, 6) is -1.29. The van der Waals surface area contributed by atoms with Gasteiger partial charge in [0.15, 0.2) is 11.6 Å². The quantitative estimate of drug-likeness (QED) is 0.379. The molecule has 0 bridgehead atoms. The first-order valence-corrected chi connectivity index (χ1v) is 11.8. The molecule has 1 aliphatic rings. The van der Waals surface area contributed by atoms with Crippen molar-refractivity contribution in [3.05, 3.63) is 77.6 Å². The lowest BCUT2D eigenvalue weighted by atomic mass is 9.89. The highest BCUT2D eigenvalue weighted by Crippen LogP contribution is 2.34. The smallest absolute Gasteiger partial charge is 0.167 e. The molecule has 2 nitrogen and oxygen atoms in total. The molecular formula is C28H31F2NO. The first-order chi connectivity index (χ1) is 15.6. The predicted molar refractivity (Wildman–Crippen MR) is 126 cm³/mol. The molecule has 4 rings (SSSR count). The van der Waals surface area contributed by atoms with Crippen molar-refractivity contribution in [3.63, 3.8) is 0 Å². The molecule has 0 N–H and O–H groups in total. The number of nitrogens with zero attached hydrogens (tertiary/aromatic N) is 1. The highest BCUT2D eigenvalue weighted by Gasteiger charge is 2.23. The van der Waals surface area contributed by atoms with Crippen LogP contribution < -0.4 is 0 Å². The van der Waals surface area contributed by atoms with Gasteiger partial charge in [-0.05, 0) is 42.9 Å². The molecule has 1 aliphatic heterocycles. The number of rotatable bonds is 7. The molecule has 2 atom stereocenters. The molecule has 1 saturated heterocycles. The lowest BCUT2D eigenvalue weighted by Crippen LogP contribution is -2.24. The summed E-state index contributed by atoms with van der Waals surface area (Å²) in [4.78, 5) is 4.37. The zero-order valence-electron chi connectivity index (χ0n) is 18.9. The fraction of sp³-hybridized carbons (Fsp3) is 0.393. The summed E-state index contributed by atoms with van der Waals surface area (Å²) in [6, 6.07) is 14.8. The van der Waals surface area contributed by atoms with E-state index in [1.54, 1.807) is 18.3 Å². The van der Waals surface area contributed by atoms with Gasteiger partial charge in [-0.15, -0.1) is 0 Å². The van der Waals surface area contributed by atoms with Crippen LogP contribution >= 0.6 is 0 Å². The number of aryl methyl sites for hydroxylation is 1. The zero-order valence-corrected chi connectivity index (χ0v) is 18.9. The van der Waals surface area contributed by atoms with Crippen molar-refractivity contribution in [3.8, 4) is 22.3 Å². The number of hydrogen-bond acceptors (Lipinski definition) is 2. The van der Waals surface area contributed by atoms with E-state index >= 15 is 0 Å². The Labute approximate surface area is 189 Å². The molecule has 2 unspecified atom stereocenters. The van der Waals surface area contributed by atoms with Crippen LogP contribution in [0.3, 0.4) is 0 Å². The lowest BCUT2D eigenvalue weighted by molar-refractivity contribution is -0.00111. The summed E-state index contributed by atoms with van der Waals surface area (Å²) in [6.07, 6.45) is 8.31. The third-order valence-corrected chi connectivity index (χ3v) is 6.40. The van der Waals surface area contributed by atoms with E-state index in [1.807, 2.05) is 36.4 Å². The van der Waals surface area contributed by atoms with Crippen LogP contribution in [-0.2, 0) is 11.2 Å². The van der Waals surface area contributed by atoms with Gasteiger partial charge in [0.25, 0.3) is 0 Å². The van der Waals surface area contributed by atoms with Gasteiger partial charge in [0, 0.05) is 34.5 Å². The number of benzene rings is 2. The van der Waals surface area contributed by atoms with E-state index in [0.29, 0.717) is 23.1 Å². The Bertz CT molecular complexity index is 1020. The fourth-order valence-electron chi connectivity index (χ4n) is 4.54. The third-order valence-electron chi connectivity index (χ3n) is 6.40. The van der Waals surface area contributed by atoms with E-state index in [1.165, 1.54) is 5.56 Å². The average molecular weight is 436 g/mol. The molecule has 0 spiro atoms. The van der Waals surface area contributed by atoms with Crippen molar-refractivity contribution in [2.45, 2.75) is 64.4 Å². The molecule has 168 valence electrons. The molecule has 0 radical (unpaired) electrons. The molecule has 0 aliphatic carbocycles. The maximum absolute atomic E-state index is 15.0. The number of halogens is 2. The molecule has 0 amide bonds. The monoisotopic (exact) mass is 435 g/mol. The maximum Gasteiger partial charge on any atom is 0.167 e. The van der Waals surface area contributed by atoms with Crippen molar-refractivity contribution >= 4 is 0 Å². The summed E-state index contributed by atoms with van der Waals surface area (Å²) in [5, 5.41) is 0. The third kappa shape index (κ3) is 4.91. The second-order valence-corrected chi connectivity index (χ2v) is 8.72. The standard InChI is InChI=1S/C28H31F2NO/c1-3-5-23-13-11-21(17-31-23)26-16-15-25(27(29)28(26)30)20-9-7-19(8-10-20)22-12-14-24(6-4-2)32-18-22/h7-11,13,15-17,22,24H,3-6,12,14,18H2,1-2H3. The summed E-state index contributed by atoms with van der Waals surface area (Å²) < 4.78 is 35.9. The topological polar surface area (TPSA) is 22.1 Å². The first kappa shape index (κ1) is 22.6. The van der Waals surface area contributed by atoms with E-state index in [0.717, 1.165) is 50.8 Å². The Morgan fingerprint density at radius 1 is 0.844 bits per heavy atom. The average Bonchev–Trinajstić information content (AvgIpc) is 2.83. The van der Waals surface area contributed by atoms with E-state index in [-0.39, 0.29) is 11.1 Å². The number of pyridine rings is 1. The van der Waals surface area contributed by atoms with Crippen LogP contribution in [-0.4, -0.2) is 17.7 Å². The normalized spacial score (nSPS) is 18.6. The second kappa shape index (κ2) is 10.4. The van der Waals surface area contributed by atoms with Gasteiger partial charge in [-0.25, -0.2) is 8.78 Å². The van der Waals surface area contributed by atoms with Crippen LogP contribution in [0.2, 0.25) is 0 Å². The summed E-state index contributed by atoms with van der Waals surface area (Å²) in [5.41, 5.74) is 3.92. The number of hydrogen-bond donors (Lipinski definition) is 0. The van der Waals surface area contributed by atoms with Crippen molar-refractivity contribution < 1.29 is 13.5 Å². The van der Waals surface area contributed by atoms with Crippen LogP contribution in [0.4, 0.5) is 8.78 Å². The van der Waals surface area contributed by atoms with Crippen molar-refractivity contribution in [1.82, 2.24) is 4.98 Å². The van der Waals surface area contributed by atoms with Gasteiger partial charge in [-0.1, -0.05) is 69.2 Å². The van der Waals surface area contributed by atoms with Gasteiger partial charge < -0.3 is 4.74 Å². The molecule has 1 fully saturated rings. The lowest BCUT2D eigenvalue weighted by Gasteiger charge is -2.29. The van der Waals surface area contributed by atoms with Crippen LogP contribution in [0, 0.1) is 11.6 Å². The van der Waals surface area contributed by atoms with E-state index < -0.39 is 11.6 Å².